The molecule has 5 heteroatoms. The molecule has 5 nitrogen and oxygen atoms in total. The summed E-state index contributed by atoms with van der Waals surface area (Å²) in [6.07, 6.45) is 3.22. The van der Waals surface area contributed by atoms with E-state index in [1.807, 2.05) is 51.1 Å². The van der Waals surface area contributed by atoms with Crippen LogP contribution in [0.25, 0.3) is 0 Å². The first kappa shape index (κ1) is 19.0. The number of carbonyl (C=O) groups is 2. The molecule has 0 bridgehead atoms. The van der Waals surface area contributed by atoms with Gasteiger partial charge in [-0.2, -0.15) is 0 Å². The molecule has 0 saturated carbocycles. The summed E-state index contributed by atoms with van der Waals surface area (Å²) in [6.45, 7) is 9.38. The molecule has 0 radical (unpaired) electrons. The molecule has 1 aromatic rings. The number of carbonyl (C=O) groups excluding carboxylic acids is 2. The number of rotatable bonds is 5. The molecule has 1 saturated heterocycles. The average molecular weight is 345 g/mol. The molecular weight excluding hydrogens is 318 g/mol. The van der Waals surface area contributed by atoms with E-state index in [1.54, 1.807) is 6.08 Å². The summed E-state index contributed by atoms with van der Waals surface area (Å²) in [4.78, 5) is 26.7. The van der Waals surface area contributed by atoms with Crippen LogP contribution in [0.5, 0.6) is 0 Å². The zero-order valence-electron chi connectivity index (χ0n) is 15.2. The maximum absolute atomic E-state index is 12.6. The van der Waals surface area contributed by atoms with Crippen LogP contribution in [0.2, 0.25) is 0 Å². The molecule has 1 heterocycles. The Morgan fingerprint density at radius 3 is 2.52 bits per heavy atom. The van der Waals surface area contributed by atoms with Gasteiger partial charge in [-0.25, -0.2) is 9.59 Å². The van der Waals surface area contributed by atoms with Crippen molar-refractivity contribution in [3.63, 3.8) is 0 Å². The molecule has 1 aliphatic rings. The lowest BCUT2D eigenvalue weighted by atomic mass is 10.1. The van der Waals surface area contributed by atoms with Crippen LogP contribution in [-0.2, 0) is 20.9 Å². The van der Waals surface area contributed by atoms with Gasteiger partial charge in [-0.05, 0) is 45.6 Å². The Morgan fingerprint density at radius 1 is 1.24 bits per heavy atom. The highest BCUT2D eigenvalue weighted by Crippen LogP contribution is 2.29. The number of benzene rings is 1. The Kier molecular flexibility index (Phi) is 6.23. The van der Waals surface area contributed by atoms with Gasteiger partial charge in [0.1, 0.15) is 18.2 Å². The Labute approximate surface area is 149 Å². The lowest BCUT2D eigenvalue weighted by molar-refractivity contribution is -0.150. The SMILES string of the molecule is C=CCC1CC[C@@H](C(=O)OCc2ccccc2)N1C(=O)OC(C)(C)C. The van der Waals surface area contributed by atoms with E-state index in [4.69, 9.17) is 9.47 Å². The molecule has 1 unspecified atom stereocenters. The summed E-state index contributed by atoms with van der Waals surface area (Å²) in [7, 11) is 0. The van der Waals surface area contributed by atoms with E-state index in [0.29, 0.717) is 12.8 Å². The van der Waals surface area contributed by atoms with Gasteiger partial charge in [0.05, 0.1) is 0 Å². The molecule has 25 heavy (non-hydrogen) atoms. The number of hydrogen-bond acceptors (Lipinski definition) is 4. The van der Waals surface area contributed by atoms with Crippen LogP contribution < -0.4 is 0 Å². The minimum atomic E-state index is -0.614. The van der Waals surface area contributed by atoms with Crippen molar-refractivity contribution in [2.75, 3.05) is 0 Å². The highest BCUT2D eigenvalue weighted by atomic mass is 16.6. The minimum absolute atomic E-state index is 0.0818. The topological polar surface area (TPSA) is 55.8 Å². The van der Waals surface area contributed by atoms with Gasteiger partial charge in [-0.1, -0.05) is 36.4 Å². The second-order valence-electron chi connectivity index (χ2n) is 7.25. The molecule has 0 N–H and O–H groups in total. The molecule has 1 aromatic carbocycles. The van der Waals surface area contributed by atoms with E-state index < -0.39 is 17.7 Å². The van der Waals surface area contributed by atoms with Crippen LogP contribution in [0.15, 0.2) is 43.0 Å². The highest BCUT2D eigenvalue weighted by Gasteiger charge is 2.43. The molecule has 0 aromatic heterocycles. The van der Waals surface area contributed by atoms with Crippen molar-refractivity contribution in [3.05, 3.63) is 48.6 Å². The molecule has 1 aliphatic heterocycles. The van der Waals surface area contributed by atoms with Gasteiger partial charge in [0.15, 0.2) is 0 Å². The van der Waals surface area contributed by atoms with E-state index in [0.717, 1.165) is 12.0 Å². The smallest absolute Gasteiger partial charge is 0.411 e. The van der Waals surface area contributed by atoms with Gasteiger partial charge in [-0.15, -0.1) is 6.58 Å². The van der Waals surface area contributed by atoms with Gasteiger partial charge in [0, 0.05) is 6.04 Å². The van der Waals surface area contributed by atoms with Crippen LogP contribution in [0, 0.1) is 0 Å². The number of nitrogens with zero attached hydrogens (tertiary/aromatic N) is 1. The summed E-state index contributed by atoms with van der Waals surface area (Å²) in [5.41, 5.74) is 0.303. The highest BCUT2D eigenvalue weighted by molar-refractivity contribution is 5.82. The Balaban J connectivity index is 2.06. The molecule has 1 fully saturated rings. The number of likely N-dealkylation sites (tertiary alicyclic amines) is 1. The van der Waals surface area contributed by atoms with Crippen LogP contribution in [-0.4, -0.2) is 34.6 Å². The number of ether oxygens (including phenoxy) is 2. The first-order valence-corrected chi connectivity index (χ1v) is 8.64. The maximum atomic E-state index is 12.6. The molecule has 1 amide bonds. The molecule has 136 valence electrons. The van der Waals surface area contributed by atoms with E-state index in [2.05, 4.69) is 6.58 Å². The van der Waals surface area contributed by atoms with Crippen LogP contribution in [0.1, 0.15) is 45.6 Å². The third kappa shape index (κ3) is 5.34. The first-order valence-electron chi connectivity index (χ1n) is 8.64. The van der Waals surface area contributed by atoms with Gasteiger partial charge in [0.2, 0.25) is 0 Å². The lowest BCUT2D eigenvalue weighted by Gasteiger charge is -2.31. The standard InChI is InChI=1S/C20H27NO4/c1-5-9-16-12-13-17(21(16)19(23)25-20(2,3)4)18(22)24-14-15-10-7-6-8-11-15/h5-8,10-11,16-17H,1,9,12-14H2,2-4H3/t16?,17-/m0/s1. The fourth-order valence-electron chi connectivity index (χ4n) is 2.95. The summed E-state index contributed by atoms with van der Waals surface area (Å²) < 4.78 is 10.9. The van der Waals surface area contributed by atoms with E-state index >= 15 is 0 Å². The predicted molar refractivity (Wildman–Crippen MR) is 95.9 cm³/mol. The normalized spacial score (nSPS) is 20.2. The van der Waals surface area contributed by atoms with Gasteiger partial charge >= 0.3 is 12.1 Å². The van der Waals surface area contributed by atoms with Crippen molar-refractivity contribution < 1.29 is 19.1 Å². The average Bonchev–Trinajstić information content (AvgIpc) is 2.96. The lowest BCUT2D eigenvalue weighted by Crippen LogP contribution is -2.47. The number of hydrogen-bond donors (Lipinski definition) is 0. The van der Waals surface area contributed by atoms with E-state index in [1.165, 1.54) is 4.90 Å². The van der Waals surface area contributed by atoms with Crippen LogP contribution >= 0.6 is 0 Å². The molecule has 2 rings (SSSR count). The quantitative estimate of drug-likeness (QED) is 0.596. The zero-order valence-corrected chi connectivity index (χ0v) is 15.2. The van der Waals surface area contributed by atoms with Crippen molar-refractivity contribution in [1.82, 2.24) is 4.90 Å². The Bertz CT molecular complexity index is 606. The number of esters is 1. The monoisotopic (exact) mass is 345 g/mol. The van der Waals surface area contributed by atoms with Crippen LogP contribution in [0.3, 0.4) is 0 Å². The zero-order chi connectivity index (χ0) is 18.4. The second kappa shape index (κ2) is 8.19. The Morgan fingerprint density at radius 2 is 1.92 bits per heavy atom. The van der Waals surface area contributed by atoms with Crippen molar-refractivity contribution in [3.8, 4) is 0 Å². The van der Waals surface area contributed by atoms with Crippen molar-refractivity contribution in [2.45, 2.75) is 64.3 Å². The largest absolute Gasteiger partial charge is 0.459 e. The molecular formula is C20H27NO4. The van der Waals surface area contributed by atoms with E-state index in [9.17, 15) is 9.59 Å². The summed E-state index contributed by atoms with van der Waals surface area (Å²) >= 11 is 0. The summed E-state index contributed by atoms with van der Waals surface area (Å²) in [5, 5.41) is 0. The summed E-state index contributed by atoms with van der Waals surface area (Å²) in [5.74, 6) is -0.388. The Hall–Kier alpha value is -2.30. The fourth-order valence-corrected chi connectivity index (χ4v) is 2.95. The second-order valence-corrected chi connectivity index (χ2v) is 7.25. The minimum Gasteiger partial charge on any atom is -0.459 e. The summed E-state index contributed by atoms with van der Waals surface area (Å²) in [6, 6.07) is 8.80. The van der Waals surface area contributed by atoms with Crippen molar-refractivity contribution in [1.29, 1.82) is 0 Å². The predicted octanol–water partition coefficient (Wildman–Crippen LogP) is 4.07. The molecule has 0 spiro atoms. The van der Waals surface area contributed by atoms with Crippen molar-refractivity contribution >= 4 is 12.1 Å². The third-order valence-corrected chi connectivity index (χ3v) is 4.04. The van der Waals surface area contributed by atoms with Gasteiger partial charge in [-0.3, -0.25) is 4.90 Å². The maximum Gasteiger partial charge on any atom is 0.411 e. The van der Waals surface area contributed by atoms with E-state index in [-0.39, 0.29) is 18.6 Å². The van der Waals surface area contributed by atoms with Crippen molar-refractivity contribution in [2.24, 2.45) is 0 Å². The molecule has 2 atom stereocenters. The first-order chi connectivity index (χ1) is 11.8. The van der Waals surface area contributed by atoms with Crippen LogP contribution in [0.4, 0.5) is 4.79 Å². The number of amides is 1. The fraction of sp³-hybridized carbons (Fsp3) is 0.500. The molecule has 0 aliphatic carbocycles. The van der Waals surface area contributed by atoms with Gasteiger partial charge in [0.25, 0.3) is 0 Å². The van der Waals surface area contributed by atoms with Gasteiger partial charge < -0.3 is 9.47 Å². The third-order valence-electron chi connectivity index (χ3n) is 4.04.